The lowest BCUT2D eigenvalue weighted by Gasteiger charge is -2.14. The second kappa shape index (κ2) is 6.93. The monoisotopic (exact) mass is 239 g/mol. The molecule has 0 aromatic heterocycles. The van der Waals surface area contributed by atoms with E-state index >= 15 is 0 Å². The summed E-state index contributed by atoms with van der Waals surface area (Å²) in [5.74, 6) is 0.799. The van der Waals surface area contributed by atoms with Crippen LogP contribution in [0.4, 0.5) is 0 Å². The molecule has 0 bridgehead atoms. The third kappa shape index (κ3) is 5.00. The van der Waals surface area contributed by atoms with Gasteiger partial charge >= 0.3 is 0 Å². The van der Waals surface area contributed by atoms with Crippen LogP contribution in [0.1, 0.15) is 45.2 Å². The summed E-state index contributed by atoms with van der Waals surface area (Å²) < 4.78 is 0. The molecule has 0 spiro atoms. The first-order valence-electron chi connectivity index (χ1n) is 6.08. The van der Waals surface area contributed by atoms with E-state index in [1.807, 2.05) is 12.1 Å². The van der Waals surface area contributed by atoms with Gasteiger partial charge in [0.1, 0.15) is 0 Å². The first-order chi connectivity index (χ1) is 7.59. The topological polar surface area (TPSA) is 12.0 Å². The SMILES string of the molecule is CC(C)CCCN[C@@H](C)c1ccc(Cl)cc1. The van der Waals surface area contributed by atoms with Crippen LogP contribution in [0.2, 0.25) is 5.02 Å². The quantitative estimate of drug-likeness (QED) is 0.725. The molecule has 0 saturated carbocycles. The first kappa shape index (κ1) is 13.5. The Morgan fingerprint density at radius 2 is 1.75 bits per heavy atom. The van der Waals surface area contributed by atoms with Crippen molar-refractivity contribution in [2.45, 2.75) is 39.7 Å². The Morgan fingerprint density at radius 1 is 1.12 bits per heavy atom. The van der Waals surface area contributed by atoms with Gasteiger partial charge in [0.25, 0.3) is 0 Å². The zero-order chi connectivity index (χ0) is 12.0. The van der Waals surface area contributed by atoms with Gasteiger partial charge in [0.2, 0.25) is 0 Å². The van der Waals surface area contributed by atoms with Crippen LogP contribution < -0.4 is 5.32 Å². The molecule has 0 aliphatic rings. The van der Waals surface area contributed by atoms with Crippen LogP contribution >= 0.6 is 11.6 Å². The van der Waals surface area contributed by atoms with Crippen molar-refractivity contribution in [3.8, 4) is 0 Å². The Morgan fingerprint density at radius 3 is 2.31 bits per heavy atom. The fourth-order valence-electron chi connectivity index (χ4n) is 1.70. The number of rotatable bonds is 6. The number of hydrogen-bond acceptors (Lipinski definition) is 1. The van der Waals surface area contributed by atoms with E-state index in [1.165, 1.54) is 18.4 Å². The van der Waals surface area contributed by atoms with Gasteiger partial charge < -0.3 is 5.32 Å². The summed E-state index contributed by atoms with van der Waals surface area (Å²) in [6.45, 7) is 7.81. The van der Waals surface area contributed by atoms with Crippen molar-refractivity contribution >= 4 is 11.6 Å². The Bertz CT molecular complexity index is 292. The Balaban J connectivity index is 2.29. The Labute approximate surface area is 104 Å². The van der Waals surface area contributed by atoms with Crippen molar-refractivity contribution < 1.29 is 0 Å². The fraction of sp³-hybridized carbons (Fsp3) is 0.571. The molecular formula is C14H22ClN. The highest BCUT2D eigenvalue weighted by Crippen LogP contribution is 2.16. The lowest BCUT2D eigenvalue weighted by atomic mass is 10.1. The van der Waals surface area contributed by atoms with Gasteiger partial charge in [0, 0.05) is 11.1 Å². The largest absolute Gasteiger partial charge is 0.310 e. The van der Waals surface area contributed by atoms with E-state index in [2.05, 4.69) is 38.2 Å². The summed E-state index contributed by atoms with van der Waals surface area (Å²) in [4.78, 5) is 0. The molecule has 1 nitrogen and oxygen atoms in total. The lowest BCUT2D eigenvalue weighted by Crippen LogP contribution is -2.20. The predicted octanol–water partition coefficient (Wildman–Crippen LogP) is 4.43. The molecule has 1 aromatic rings. The molecule has 1 atom stereocenters. The van der Waals surface area contributed by atoms with E-state index in [4.69, 9.17) is 11.6 Å². The Hall–Kier alpha value is -0.530. The minimum absolute atomic E-state index is 0.407. The third-order valence-corrected chi connectivity index (χ3v) is 3.03. The number of halogens is 1. The van der Waals surface area contributed by atoms with Crippen molar-refractivity contribution in [2.24, 2.45) is 5.92 Å². The molecule has 0 fully saturated rings. The maximum absolute atomic E-state index is 5.86. The molecule has 16 heavy (non-hydrogen) atoms. The summed E-state index contributed by atoms with van der Waals surface area (Å²) >= 11 is 5.86. The first-order valence-corrected chi connectivity index (χ1v) is 6.46. The second-order valence-corrected chi connectivity index (χ2v) is 5.20. The summed E-state index contributed by atoms with van der Waals surface area (Å²) in [5.41, 5.74) is 1.30. The van der Waals surface area contributed by atoms with Crippen LogP contribution in [0.15, 0.2) is 24.3 Å². The van der Waals surface area contributed by atoms with Crippen molar-refractivity contribution in [3.05, 3.63) is 34.9 Å². The van der Waals surface area contributed by atoms with E-state index in [9.17, 15) is 0 Å². The van der Waals surface area contributed by atoms with Gasteiger partial charge in [-0.25, -0.2) is 0 Å². The van der Waals surface area contributed by atoms with E-state index in [-0.39, 0.29) is 0 Å². The summed E-state index contributed by atoms with van der Waals surface area (Å²) in [6, 6.07) is 8.47. The van der Waals surface area contributed by atoms with E-state index < -0.39 is 0 Å². The van der Waals surface area contributed by atoms with Gasteiger partial charge in [-0.3, -0.25) is 0 Å². The maximum atomic E-state index is 5.86. The summed E-state index contributed by atoms with van der Waals surface area (Å²) in [5, 5.41) is 4.33. The predicted molar refractivity (Wildman–Crippen MR) is 71.9 cm³/mol. The smallest absolute Gasteiger partial charge is 0.0406 e. The maximum Gasteiger partial charge on any atom is 0.0406 e. The molecule has 1 rings (SSSR count). The normalized spacial score (nSPS) is 13.1. The minimum Gasteiger partial charge on any atom is -0.310 e. The van der Waals surface area contributed by atoms with Crippen molar-refractivity contribution in [1.29, 1.82) is 0 Å². The average molecular weight is 240 g/mol. The van der Waals surface area contributed by atoms with Gasteiger partial charge in [0.15, 0.2) is 0 Å². The summed E-state index contributed by atoms with van der Waals surface area (Å²) in [6.07, 6.45) is 2.54. The zero-order valence-electron chi connectivity index (χ0n) is 10.5. The van der Waals surface area contributed by atoms with Crippen LogP contribution in [0.5, 0.6) is 0 Å². The molecule has 0 aliphatic heterocycles. The van der Waals surface area contributed by atoms with E-state index in [0.717, 1.165) is 17.5 Å². The van der Waals surface area contributed by atoms with Crippen molar-refractivity contribution in [2.75, 3.05) is 6.54 Å². The van der Waals surface area contributed by atoms with Crippen LogP contribution in [-0.2, 0) is 0 Å². The minimum atomic E-state index is 0.407. The van der Waals surface area contributed by atoms with E-state index in [0.29, 0.717) is 6.04 Å². The number of benzene rings is 1. The third-order valence-electron chi connectivity index (χ3n) is 2.78. The van der Waals surface area contributed by atoms with E-state index in [1.54, 1.807) is 0 Å². The standard InChI is InChI=1S/C14H22ClN/c1-11(2)5-4-10-16-12(3)13-6-8-14(15)9-7-13/h6-9,11-12,16H,4-5,10H2,1-3H3/t12-/m0/s1. The molecular weight excluding hydrogens is 218 g/mol. The highest BCUT2D eigenvalue weighted by atomic mass is 35.5. The molecule has 0 unspecified atom stereocenters. The van der Waals surface area contributed by atoms with Crippen LogP contribution in [0.25, 0.3) is 0 Å². The molecule has 0 aliphatic carbocycles. The second-order valence-electron chi connectivity index (χ2n) is 4.76. The van der Waals surface area contributed by atoms with Gasteiger partial charge in [-0.2, -0.15) is 0 Å². The number of nitrogens with one attached hydrogen (secondary N) is 1. The highest BCUT2D eigenvalue weighted by Gasteiger charge is 2.03. The molecule has 0 amide bonds. The van der Waals surface area contributed by atoms with Gasteiger partial charge in [-0.05, 0) is 49.9 Å². The fourth-order valence-corrected chi connectivity index (χ4v) is 1.82. The van der Waals surface area contributed by atoms with Gasteiger partial charge in [-0.1, -0.05) is 37.6 Å². The van der Waals surface area contributed by atoms with Crippen LogP contribution in [0, 0.1) is 5.92 Å². The summed E-state index contributed by atoms with van der Waals surface area (Å²) in [7, 11) is 0. The lowest BCUT2D eigenvalue weighted by molar-refractivity contribution is 0.497. The molecule has 0 saturated heterocycles. The zero-order valence-corrected chi connectivity index (χ0v) is 11.2. The molecule has 90 valence electrons. The number of hydrogen-bond donors (Lipinski definition) is 1. The van der Waals surface area contributed by atoms with Gasteiger partial charge in [-0.15, -0.1) is 0 Å². The molecule has 1 aromatic carbocycles. The van der Waals surface area contributed by atoms with Crippen molar-refractivity contribution in [1.82, 2.24) is 5.32 Å². The Kier molecular flexibility index (Phi) is 5.86. The average Bonchev–Trinajstić information content (AvgIpc) is 2.25. The molecule has 0 heterocycles. The molecule has 1 N–H and O–H groups in total. The van der Waals surface area contributed by atoms with Crippen LogP contribution in [-0.4, -0.2) is 6.54 Å². The van der Waals surface area contributed by atoms with Gasteiger partial charge in [0.05, 0.1) is 0 Å². The van der Waals surface area contributed by atoms with Crippen LogP contribution in [0.3, 0.4) is 0 Å². The molecule has 0 radical (unpaired) electrons. The molecule has 2 heteroatoms. The highest BCUT2D eigenvalue weighted by molar-refractivity contribution is 6.30. The van der Waals surface area contributed by atoms with Crippen molar-refractivity contribution in [3.63, 3.8) is 0 Å².